The number of fused-ring (bicyclic) bond motifs is 1. The van der Waals surface area contributed by atoms with E-state index in [2.05, 4.69) is 9.97 Å². The number of thioether (sulfide) groups is 1. The van der Waals surface area contributed by atoms with Gasteiger partial charge in [-0.1, -0.05) is 12.1 Å². The summed E-state index contributed by atoms with van der Waals surface area (Å²) in [6, 6.07) is 8.67. The zero-order valence-electron chi connectivity index (χ0n) is 10.8. The molecule has 0 aliphatic carbocycles. The molecule has 0 atom stereocenters. The number of rotatable bonds is 3. The first-order valence-corrected chi connectivity index (χ1v) is 7.83. The molecule has 0 aliphatic rings. The predicted molar refractivity (Wildman–Crippen MR) is 82.5 cm³/mol. The fourth-order valence-electron chi connectivity index (χ4n) is 1.88. The van der Waals surface area contributed by atoms with Crippen LogP contribution in [0.4, 0.5) is 10.2 Å². The van der Waals surface area contributed by atoms with Crippen molar-refractivity contribution in [3.8, 4) is 0 Å². The molecular weight excluding hydrogens is 293 g/mol. The summed E-state index contributed by atoms with van der Waals surface area (Å²) < 4.78 is 13.5. The molecule has 0 bridgehead atoms. The highest BCUT2D eigenvalue weighted by molar-refractivity contribution is 7.98. The molecule has 6 heteroatoms. The van der Waals surface area contributed by atoms with Crippen molar-refractivity contribution in [2.45, 2.75) is 17.6 Å². The third-order valence-corrected chi connectivity index (χ3v) is 4.77. The standard InChI is InChI=1S/C14H12FN3S2/c1-8-6-9-13(16)17-12(18-14(9)20-8)7-19-11-5-3-2-4-10(11)15/h2-6H,7H2,1H3,(H2,16,17,18). The molecule has 102 valence electrons. The van der Waals surface area contributed by atoms with Crippen LogP contribution >= 0.6 is 23.1 Å². The maximum atomic E-state index is 13.5. The minimum absolute atomic E-state index is 0.224. The summed E-state index contributed by atoms with van der Waals surface area (Å²) >= 11 is 2.96. The van der Waals surface area contributed by atoms with Crippen molar-refractivity contribution in [1.29, 1.82) is 0 Å². The van der Waals surface area contributed by atoms with Gasteiger partial charge in [-0.2, -0.15) is 0 Å². The molecule has 0 aliphatic heterocycles. The van der Waals surface area contributed by atoms with Gasteiger partial charge in [-0.05, 0) is 25.1 Å². The average molecular weight is 305 g/mol. The number of nitrogens with two attached hydrogens (primary N) is 1. The number of aromatic nitrogens is 2. The minimum Gasteiger partial charge on any atom is -0.383 e. The van der Waals surface area contributed by atoms with Crippen LogP contribution in [-0.4, -0.2) is 9.97 Å². The first kappa shape index (κ1) is 13.3. The Hall–Kier alpha value is -1.66. The van der Waals surface area contributed by atoms with Gasteiger partial charge >= 0.3 is 0 Å². The molecule has 1 aromatic carbocycles. The summed E-state index contributed by atoms with van der Waals surface area (Å²) in [5.74, 6) is 1.39. The van der Waals surface area contributed by atoms with Gasteiger partial charge < -0.3 is 5.73 Å². The van der Waals surface area contributed by atoms with Crippen molar-refractivity contribution in [3.63, 3.8) is 0 Å². The predicted octanol–water partition coefficient (Wildman–Crippen LogP) is 4.01. The smallest absolute Gasteiger partial charge is 0.142 e. The van der Waals surface area contributed by atoms with E-state index in [0.29, 0.717) is 22.3 Å². The number of thiophene rings is 1. The van der Waals surface area contributed by atoms with Crippen molar-refractivity contribution >= 4 is 39.1 Å². The van der Waals surface area contributed by atoms with Gasteiger partial charge in [0.15, 0.2) is 0 Å². The van der Waals surface area contributed by atoms with Gasteiger partial charge in [0.1, 0.15) is 22.3 Å². The maximum Gasteiger partial charge on any atom is 0.142 e. The van der Waals surface area contributed by atoms with Crippen LogP contribution in [0.2, 0.25) is 0 Å². The zero-order valence-corrected chi connectivity index (χ0v) is 12.4. The van der Waals surface area contributed by atoms with E-state index in [1.807, 2.05) is 19.1 Å². The van der Waals surface area contributed by atoms with Gasteiger partial charge in [0.25, 0.3) is 0 Å². The van der Waals surface area contributed by atoms with Crippen molar-refractivity contribution < 1.29 is 4.39 Å². The van der Waals surface area contributed by atoms with Gasteiger partial charge in [-0.3, -0.25) is 0 Å². The lowest BCUT2D eigenvalue weighted by Crippen LogP contribution is -1.98. The molecule has 0 saturated carbocycles. The third kappa shape index (κ3) is 2.62. The van der Waals surface area contributed by atoms with Crippen LogP contribution in [0.15, 0.2) is 35.2 Å². The van der Waals surface area contributed by atoms with Gasteiger partial charge in [0.05, 0.1) is 11.1 Å². The first-order chi connectivity index (χ1) is 9.63. The van der Waals surface area contributed by atoms with Crippen LogP contribution in [0.5, 0.6) is 0 Å². The molecule has 3 aromatic rings. The Morgan fingerprint density at radius 3 is 2.90 bits per heavy atom. The molecule has 0 amide bonds. The van der Waals surface area contributed by atoms with Gasteiger partial charge in [0.2, 0.25) is 0 Å². The number of nitrogens with zero attached hydrogens (tertiary/aromatic N) is 2. The van der Waals surface area contributed by atoms with Crippen molar-refractivity contribution in [2.75, 3.05) is 5.73 Å². The fraction of sp³-hybridized carbons (Fsp3) is 0.143. The monoisotopic (exact) mass is 305 g/mol. The van der Waals surface area contributed by atoms with Crippen LogP contribution < -0.4 is 5.73 Å². The summed E-state index contributed by atoms with van der Waals surface area (Å²) in [6.07, 6.45) is 0. The number of hydrogen-bond acceptors (Lipinski definition) is 5. The third-order valence-electron chi connectivity index (χ3n) is 2.79. The van der Waals surface area contributed by atoms with E-state index in [1.165, 1.54) is 17.8 Å². The van der Waals surface area contributed by atoms with E-state index in [9.17, 15) is 4.39 Å². The maximum absolute atomic E-state index is 13.5. The SMILES string of the molecule is Cc1cc2c(N)nc(CSc3ccccc3F)nc2s1. The molecule has 3 rings (SSSR count). The number of aryl methyl sites for hydroxylation is 1. The Bertz CT molecular complexity index is 770. The molecule has 0 saturated heterocycles. The van der Waals surface area contributed by atoms with E-state index in [1.54, 1.807) is 23.5 Å². The van der Waals surface area contributed by atoms with Crippen LogP contribution in [0, 0.1) is 12.7 Å². The van der Waals surface area contributed by atoms with E-state index < -0.39 is 0 Å². The Morgan fingerprint density at radius 1 is 1.30 bits per heavy atom. The molecule has 2 heterocycles. The zero-order chi connectivity index (χ0) is 14.1. The largest absolute Gasteiger partial charge is 0.383 e. The van der Waals surface area contributed by atoms with Crippen LogP contribution in [0.3, 0.4) is 0 Å². The lowest BCUT2D eigenvalue weighted by Gasteiger charge is -2.03. The van der Waals surface area contributed by atoms with Gasteiger partial charge in [0, 0.05) is 9.77 Å². The Balaban J connectivity index is 1.86. The number of anilines is 1. The molecular formula is C14H12FN3S2. The Labute approximate surface area is 124 Å². The topological polar surface area (TPSA) is 51.8 Å². The van der Waals surface area contributed by atoms with E-state index >= 15 is 0 Å². The Kier molecular flexibility index (Phi) is 3.58. The quantitative estimate of drug-likeness (QED) is 0.743. The van der Waals surface area contributed by atoms with E-state index in [-0.39, 0.29) is 5.82 Å². The minimum atomic E-state index is -0.224. The normalized spacial score (nSPS) is 11.1. The number of nitrogen functional groups attached to an aromatic ring is 1. The number of benzene rings is 1. The highest BCUT2D eigenvalue weighted by atomic mass is 32.2. The summed E-state index contributed by atoms with van der Waals surface area (Å²) in [4.78, 5) is 11.4. The molecule has 0 fully saturated rings. The van der Waals surface area contributed by atoms with Crippen LogP contribution in [0.25, 0.3) is 10.2 Å². The number of halogens is 1. The lowest BCUT2D eigenvalue weighted by molar-refractivity contribution is 0.602. The van der Waals surface area contributed by atoms with Crippen molar-refractivity contribution in [3.05, 3.63) is 46.9 Å². The summed E-state index contributed by atoms with van der Waals surface area (Å²) in [5.41, 5.74) is 5.94. The molecule has 0 unspecified atom stereocenters. The molecule has 20 heavy (non-hydrogen) atoms. The molecule has 2 aromatic heterocycles. The van der Waals surface area contributed by atoms with Crippen LogP contribution in [-0.2, 0) is 5.75 Å². The highest BCUT2D eigenvalue weighted by Gasteiger charge is 2.09. The first-order valence-electron chi connectivity index (χ1n) is 6.03. The van der Waals surface area contributed by atoms with Crippen LogP contribution in [0.1, 0.15) is 10.7 Å². The molecule has 2 N–H and O–H groups in total. The summed E-state index contributed by atoms with van der Waals surface area (Å²) in [5, 5.41) is 0.896. The lowest BCUT2D eigenvalue weighted by atomic mass is 10.3. The summed E-state index contributed by atoms with van der Waals surface area (Å²) in [7, 11) is 0. The second-order valence-corrected chi connectivity index (χ2v) is 6.57. The van der Waals surface area contributed by atoms with Crippen molar-refractivity contribution in [1.82, 2.24) is 9.97 Å². The fourth-order valence-corrected chi connectivity index (χ4v) is 3.58. The molecule has 0 spiro atoms. The average Bonchev–Trinajstić information content (AvgIpc) is 2.79. The molecule has 0 radical (unpaired) electrons. The number of hydrogen-bond donors (Lipinski definition) is 1. The summed E-state index contributed by atoms with van der Waals surface area (Å²) in [6.45, 7) is 2.01. The second-order valence-electron chi connectivity index (χ2n) is 4.32. The van der Waals surface area contributed by atoms with Crippen molar-refractivity contribution in [2.24, 2.45) is 0 Å². The van der Waals surface area contributed by atoms with Gasteiger partial charge in [-0.25, -0.2) is 14.4 Å². The van der Waals surface area contributed by atoms with E-state index in [4.69, 9.17) is 5.73 Å². The van der Waals surface area contributed by atoms with E-state index in [0.717, 1.165) is 15.1 Å². The van der Waals surface area contributed by atoms with Gasteiger partial charge in [-0.15, -0.1) is 23.1 Å². The second kappa shape index (κ2) is 5.38. The Morgan fingerprint density at radius 2 is 2.10 bits per heavy atom. The molecule has 3 nitrogen and oxygen atoms in total. The highest BCUT2D eigenvalue weighted by Crippen LogP contribution is 2.29.